The normalized spacial score (nSPS) is 11.8. The van der Waals surface area contributed by atoms with Gasteiger partial charge in [0.2, 0.25) is 0 Å². The molecule has 0 saturated carbocycles. The molecule has 0 saturated heterocycles. The lowest BCUT2D eigenvalue weighted by atomic mass is 10.2. The first-order chi connectivity index (χ1) is 15.0. The summed E-state index contributed by atoms with van der Waals surface area (Å²) in [5.74, 6) is -0.362. The van der Waals surface area contributed by atoms with Crippen molar-refractivity contribution in [2.75, 3.05) is 13.2 Å². The predicted octanol–water partition coefficient (Wildman–Crippen LogP) is 6.17. The van der Waals surface area contributed by atoms with Gasteiger partial charge in [-0.15, -0.1) is 0 Å². The van der Waals surface area contributed by atoms with E-state index < -0.39 is 18.0 Å². The van der Waals surface area contributed by atoms with Crippen LogP contribution >= 0.6 is 0 Å². The Morgan fingerprint density at radius 3 is 2.06 bits per heavy atom. The molecule has 0 aliphatic rings. The Hall–Kier alpha value is -3.22. The van der Waals surface area contributed by atoms with Crippen LogP contribution in [0.4, 0.5) is 11.4 Å². The number of hydrogen-bond acceptors (Lipinski definition) is 7. The van der Waals surface area contributed by atoms with Crippen LogP contribution in [0.5, 0.6) is 5.75 Å². The third kappa shape index (κ3) is 8.58. The minimum absolute atomic E-state index is 0.231. The van der Waals surface area contributed by atoms with Gasteiger partial charge in [-0.05, 0) is 68.8 Å². The molecule has 31 heavy (non-hydrogen) atoms. The summed E-state index contributed by atoms with van der Waals surface area (Å²) in [5, 5.41) is 8.37. The van der Waals surface area contributed by atoms with Crippen molar-refractivity contribution in [2.24, 2.45) is 10.2 Å². The lowest BCUT2D eigenvalue weighted by Crippen LogP contribution is -2.26. The molecule has 0 aliphatic heterocycles. The molecule has 0 unspecified atom stereocenters. The number of carbonyl (C=O) groups is 2. The van der Waals surface area contributed by atoms with E-state index in [0.29, 0.717) is 23.5 Å². The predicted molar refractivity (Wildman–Crippen MR) is 118 cm³/mol. The van der Waals surface area contributed by atoms with Gasteiger partial charge in [0, 0.05) is 0 Å². The second-order valence-electron chi connectivity index (χ2n) is 6.95. The number of azo groups is 1. The molecule has 0 bridgehead atoms. The molecule has 0 radical (unpaired) electrons. The number of carbonyl (C=O) groups excluding carboxylic acids is 2. The molecule has 2 aromatic rings. The third-order valence-corrected chi connectivity index (χ3v) is 4.39. The van der Waals surface area contributed by atoms with E-state index in [2.05, 4.69) is 17.2 Å². The summed E-state index contributed by atoms with van der Waals surface area (Å²) in [6.45, 7) is 6.30. The zero-order chi connectivity index (χ0) is 22.5. The van der Waals surface area contributed by atoms with Gasteiger partial charge in [-0.2, -0.15) is 10.2 Å². The highest BCUT2D eigenvalue weighted by molar-refractivity contribution is 5.91. The first-order valence-corrected chi connectivity index (χ1v) is 10.7. The van der Waals surface area contributed by atoms with Crippen LogP contribution in [-0.2, 0) is 14.3 Å². The molecule has 0 fully saturated rings. The molecule has 2 aromatic carbocycles. The Morgan fingerprint density at radius 1 is 0.871 bits per heavy atom. The summed E-state index contributed by atoms with van der Waals surface area (Å²) >= 11 is 0. The van der Waals surface area contributed by atoms with Crippen LogP contribution in [0.15, 0.2) is 58.8 Å². The molecule has 0 amide bonds. The van der Waals surface area contributed by atoms with Crippen LogP contribution in [0.25, 0.3) is 0 Å². The van der Waals surface area contributed by atoms with E-state index in [9.17, 15) is 9.59 Å². The number of rotatable bonds is 12. The SMILES string of the molecule is CCCCCCOc1ccc(N=Nc2ccc(C(=O)O[C@H](C)C(=O)OCC)cc2)cc1. The van der Waals surface area contributed by atoms with Crippen LogP contribution < -0.4 is 4.74 Å². The largest absolute Gasteiger partial charge is 0.494 e. The first-order valence-electron chi connectivity index (χ1n) is 10.7. The van der Waals surface area contributed by atoms with Crippen molar-refractivity contribution in [1.82, 2.24) is 0 Å². The van der Waals surface area contributed by atoms with Gasteiger partial charge in [-0.3, -0.25) is 0 Å². The molecule has 0 heterocycles. The van der Waals surface area contributed by atoms with Crippen LogP contribution in [0.3, 0.4) is 0 Å². The van der Waals surface area contributed by atoms with Crippen molar-refractivity contribution in [2.45, 2.75) is 52.6 Å². The summed E-state index contributed by atoms with van der Waals surface area (Å²) in [6.07, 6.45) is 3.72. The number of benzene rings is 2. The molecule has 0 spiro atoms. The average Bonchev–Trinajstić information content (AvgIpc) is 2.78. The summed E-state index contributed by atoms with van der Waals surface area (Å²) < 4.78 is 15.6. The van der Waals surface area contributed by atoms with Crippen molar-refractivity contribution in [1.29, 1.82) is 0 Å². The second-order valence-corrected chi connectivity index (χ2v) is 6.95. The van der Waals surface area contributed by atoms with Gasteiger partial charge in [-0.25, -0.2) is 9.59 Å². The Labute approximate surface area is 183 Å². The Morgan fingerprint density at radius 2 is 1.48 bits per heavy atom. The fourth-order valence-corrected chi connectivity index (χ4v) is 2.64. The number of hydrogen-bond donors (Lipinski definition) is 0. The maximum Gasteiger partial charge on any atom is 0.347 e. The lowest BCUT2D eigenvalue weighted by Gasteiger charge is -2.11. The molecule has 0 aromatic heterocycles. The molecule has 2 rings (SSSR count). The average molecular weight is 427 g/mol. The van der Waals surface area contributed by atoms with E-state index in [1.54, 1.807) is 31.2 Å². The topological polar surface area (TPSA) is 86.5 Å². The molecule has 7 heteroatoms. The number of esters is 2. The molecule has 0 N–H and O–H groups in total. The fraction of sp³-hybridized carbons (Fsp3) is 0.417. The summed E-state index contributed by atoms with van der Waals surface area (Å²) in [4.78, 5) is 23.7. The van der Waals surface area contributed by atoms with Crippen molar-refractivity contribution < 1.29 is 23.8 Å². The molecule has 7 nitrogen and oxygen atoms in total. The van der Waals surface area contributed by atoms with E-state index in [1.165, 1.54) is 26.2 Å². The number of unbranched alkanes of at least 4 members (excludes halogenated alkanes) is 3. The van der Waals surface area contributed by atoms with Gasteiger partial charge in [0.05, 0.1) is 30.2 Å². The summed E-state index contributed by atoms with van der Waals surface area (Å²) in [6, 6.07) is 13.9. The minimum atomic E-state index is -0.963. The van der Waals surface area contributed by atoms with E-state index in [0.717, 1.165) is 12.2 Å². The van der Waals surface area contributed by atoms with Gasteiger partial charge < -0.3 is 14.2 Å². The molecule has 1 atom stereocenters. The maximum atomic E-state index is 12.1. The smallest absolute Gasteiger partial charge is 0.347 e. The minimum Gasteiger partial charge on any atom is -0.494 e. The number of ether oxygens (including phenoxy) is 3. The number of nitrogens with zero attached hydrogens (tertiary/aromatic N) is 2. The Balaban J connectivity index is 1.85. The second kappa shape index (κ2) is 13.2. The lowest BCUT2D eigenvalue weighted by molar-refractivity contribution is -0.152. The fourth-order valence-electron chi connectivity index (χ4n) is 2.64. The van der Waals surface area contributed by atoms with Crippen LogP contribution in [0.1, 0.15) is 56.8 Å². The van der Waals surface area contributed by atoms with Crippen molar-refractivity contribution in [3.63, 3.8) is 0 Å². The van der Waals surface area contributed by atoms with Crippen molar-refractivity contribution >= 4 is 23.3 Å². The van der Waals surface area contributed by atoms with Crippen LogP contribution in [0, 0.1) is 0 Å². The van der Waals surface area contributed by atoms with Gasteiger partial charge in [0.1, 0.15) is 5.75 Å². The quantitative estimate of drug-likeness (QED) is 0.230. The highest BCUT2D eigenvalue weighted by Gasteiger charge is 2.19. The summed E-state index contributed by atoms with van der Waals surface area (Å²) in [7, 11) is 0. The van der Waals surface area contributed by atoms with Crippen LogP contribution in [0.2, 0.25) is 0 Å². The molecule has 0 aliphatic carbocycles. The Bertz CT molecular complexity index is 847. The van der Waals surface area contributed by atoms with E-state index in [1.807, 2.05) is 24.3 Å². The highest BCUT2D eigenvalue weighted by Crippen LogP contribution is 2.22. The standard InChI is InChI=1S/C24H30N2O5/c1-4-6-7-8-17-30-22-15-13-21(14-16-22)26-25-20-11-9-19(10-12-20)24(28)31-18(3)23(27)29-5-2/h9-16,18H,4-8,17H2,1-3H3/t18-/m1/s1. The van der Waals surface area contributed by atoms with Gasteiger partial charge in [0.25, 0.3) is 0 Å². The monoisotopic (exact) mass is 426 g/mol. The van der Waals surface area contributed by atoms with E-state index in [-0.39, 0.29) is 6.61 Å². The summed E-state index contributed by atoms with van der Waals surface area (Å²) in [5.41, 5.74) is 1.60. The Kier molecular flexibility index (Phi) is 10.2. The van der Waals surface area contributed by atoms with Crippen LogP contribution in [-0.4, -0.2) is 31.3 Å². The molecular weight excluding hydrogens is 396 g/mol. The highest BCUT2D eigenvalue weighted by atomic mass is 16.6. The third-order valence-electron chi connectivity index (χ3n) is 4.39. The zero-order valence-electron chi connectivity index (χ0n) is 18.4. The van der Waals surface area contributed by atoms with Gasteiger partial charge >= 0.3 is 11.9 Å². The zero-order valence-corrected chi connectivity index (χ0v) is 18.4. The maximum absolute atomic E-state index is 12.1. The van der Waals surface area contributed by atoms with E-state index in [4.69, 9.17) is 14.2 Å². The molecular formula is C24H30N2O5. The van der Waals surface area contributed by atoms with Gasteiger partial charge in [-0.1, -0.05) is 26.2 Å². The van der Waals surface area contributed by atoms with Gasteiger partial charge in [0.15, 0.2) is 6.10 Å². The molecule has 166 valence electrons. The van der Waals surface area contributed by atoms with Crippen molar-refractivity contribution in [3.8, 4) is 5.75 Å². The first kappa shape index (κ1) is 24.1. The van der Waals surface area contributed by atoms with E-state index >= 15 is 0 Å². The van der Waals surface area contributed by atoms with Crippen molar-refractivity contribution in [3.05, 3.63) is 54.1 Å².